The van der Waals surface area contributed by atoms with Crippen molar-refractivity contribution >= 4 is 39.1 Å². The van der Waals surface area contributed by atoms with Crippen LogP contribution in [-0.4, -0.2) is 30.4 Å². The molecule has 0 atom stereocenters. The number of amides is 1. The molecule has 5 heteroatoms. The largest absolute Gasteiger partial charge is 0.376 e. The summed E-state index contributed by atoms with van der Waals surface area (Å²) in [6.45, 7) is 0.321. The molecule has 0 unspecified atom stereocenters. The van der Waals surface area contributed by atoms with E-state index in [1.807, 2.05) is 24.1 Å². The van der Waals surface area contributed by atoms with E-state index in [4.69, 9.17) is 11.6 Å². The van der Waals surface area contributed by atoms with Gasteiger partial charge in [-0.2, -0.15) is 0 Å². The van der Waals surface area contributed by atoms with Crippen LogP contribution >= 0.6 is 27.5 Å². The fourth-order valence-corrected chi connectivity index (χ4v) is 2.07. The third-order valence-electron chi connectivity index (χ3n) is 2.85. The van der Waals surface area contributed by atoms with Crippen LogP contribution < -0.4 is 5.32 Å². The van der Waals surface area contributed by atoms with Gasteiger partial charge < -0.3 is 10.2 Å². The molecule has 1 aromatic rings. The first kappa shape index (κ1) is 12.7. The summed E-state index contributed by atoms with van der Waals surface area (Å²) in [4.78, 5) is 13.6. The quantitative estimate of drug-likeness (QED) is 0.925. The van der Waals surface area contributed by atoms with Crippen molar-refractivity contribution in [2.24, 2.45) is 0 Å². The zero-order valence-corrected chi connectivity index (χ0v) is 11.9. The highest BCUT2D eigenvalue weighted by molar-refractivity contribution is 9.10. The standard InChI is InChI=1S/C12H14BrClN2O/c1-16(9-3-4-9)12(17)7-15-8-2-5-11(14)10(13)6-8/h2,5-6,9,15H,3-4,7H2,1H3. The molecule has 0 bridgehead atoms. The maximum atomic E-state index is 11.8. The van der Waals surface area contributed by atoms with Crippen LogP contribution in [0, 0.1) is 0 Å². The number of likely N-dealkylation sites (N-methyl/N-ethyl adjacent to an activating group) is 1. The Labute approximate surface area is 114 Å². The average Bonchev–Trinajstić information content (AvgIpc) is 3.13. The van der Waals surface area contributed by atoms with Crippen molar-refractivity contribution in [2.75, 3.05) is 18.9 Å². The van der Waals surface area contributed by atoms with Crippen LogP contribution in [0.4, 0.5) is 5.69 Å². The molecule has 1 aliphatic rings. The molecule has 2 rings (SSSR count). The van der Waals surface area contributed by atoms with Gasteiger partial charge in [0.1, 0.15) is 0 Å². The number of anilines is 1. The van der Waals surface area contributed by atoms with Gasteiger partial charge in [0.2, 0.25) is 5.91 Å². The highest BCUT2D eigenvalue weighted by atomic mass is 79.9. The summed E-state index contributed by atoms with van der Waals surface area (Å²) in [5.74, 6) is 0.124. The Bertz CT molecular complexity index is 435. The predicted octanol–water partition coefficient (Wildman–Crippen LogP) is 3.14. The van der Waals surface area contributed by atoms with Gasteiger partial charge in [0.25, 0.3) is 0 Å². The minimum atomic E-state index is 0.124. The Kier molecular flexibility index (Phi) is 3.94. The number of rotatable bonds is 4. The highest BCUT2D eigenvalue weighted by Crippen LogP contribution is 2.26. The summed E-state index contributed by atoms with van der Waals surface area (Å²) in [6.07, 6.45) is 2.27. The number of carbonyl (C=O) groups excluding carboxylic acids is 1. The third-order valence-corrected chi connectivity index (χ3v) is 4.07. The Morgan fingerprint density at radius 1 is 1.59 bits per heavy atom. The van der Waals surface area contributed by atoms with E-state index in [1.165, 1.54) is 0 Å². The Morgan fingerprint density at radius 3 is 2.88 bits per heavy atom. The summed E-state index contributed by atoms with van der Waals surface area (Å²) in [5, 5.41) is 3.76. The second-order valence-corrected chi connectivity index (χ2v) is 5.48. The van der Waals surface area contributed by atoms with Crippen molar-refractivity contribution in [3.05, 3.63) is 27.7 Å². The van der Waals surface area contributed by atoms with E-state index in [-0.39, 0.29) is 5.91 Å². The zero-order chi connectivity index (χ0) is 12.4. The van der Waals surface area contributed by atoms with Crippen LogP contribution in [0.15, 0.2) is 22.7 Å². The SMILES string of the molecule is CN(C(=O)CNc1ccc(Cl)c(Br)c1)C1CC1. The molecule has 0 aliphatic heterocycles. The van der Waals surface area contributed by atoms with Crippen LogP contribution in [0.1, 0.15) is 12.8 Å². The van der Waals surface area contributed by atoms with E-state index in [1.54, 1.807) is 6.07 Å². The van der Waals surface area contributed by atoms with Gasteiger partial charge >= 0.3 is 0 Å². The highest BCUT2D eigenvalue weighted by Gasteiger charge is 2.29. The number of nitrogens with zero attached hydrogens (tertiary/aromatic N) is 1. The van der Waals surface area contributed by atoms with E-state index in [2.05, 4.69) is 21.2 Å². The summed E-state index contributed by atoms with van der Waals surface area (Å²) in [7, 11) is 1.86. The molecule has 1 aromatic carbocycles. The van der Waals surface area contributed by atoms with Crippen LogP contribution in [0.2, 0.25) is 5.02 Å². The minimum absolute atomic E-state index is 0.124. The van der Waals surface area contributed by atoms with Crippen molar-refractivity contribution in [1.29, 1.82) is 0 Å². The van der Waals surface area contributed by atoms with Crippen molar-refractivity contribution in [3.63, 3.8) is 0 Å². The fourth-order valence-electron chi connectivity index (χ4n) is 1.57. The summed E-state index contributed by atoms with van der Waals surface area (Å²) < 4.78 is 0.826. The molecule has 1 aliphatic carbocycles. The van der Waals surface area contributed by atoms with Crippen molar-refractivity contribution in [2.45, 2.75) is 18.9 Å². The van der Waals surface area contributed by atoms with Crippen LogP contribution in [-0.2, 0) is 4.79 Å². The lowest BCUT2D eigenvalue weighted by Crippen LogP contribution is -2.33. The minimum Gasteiger partial charge on any atom is -0.376 e. The molecule has 0 spiro atoms. The first-order valence-electron chi connectivity index (χ1n) is 5.52. The Morgan fingerprint density at radius 2 is 2.29 bits per heavy atom. The second kappa shape index (κ2) is 5.27. The first-order valence-corrected chi connectivity index (χ1v) is 6.69. The van der Waals surface area contributed by atoms with Gasteiger partial charge in [0, 0.05) is 23.2 Å². The maximum Gasteiger partial charge on any atom is 0.241 e. The van der Waals surface area contributed by atoms with Gasteiger partial charge in [-0.05, 0) is 47.0 Å². The topological polar surface area (TPSA) is 32.3 Å². The Balaban J connectivity index is 1.88. The summed E-state index contributed by atoms with van der Waals surface area (Å²) >= 11 is 9.24. The third kappa shape index (κ3) is 3.36. The zero-order valence-electron chi connectivity index (χ0n) is 9.54. The van der Waals surface area contributed by atoms with Crippen LogP contribution in [0.25, 0.3) is 0 Å². The first-order chi connectivity index (χ1) is 8.08. The van der Waals surface area contributed by atoms with E-state index in [0.717, 1.165) is 23.0 Å². The summed E-state index contributed by atoms with van der Waals surface area (Å²) in [5.41, 5.74) is 0.888. The maximum absolute atomic E-state index is 11.8. The molecular formula is C12H14BrClN2O. The number of hydrogen-bond donors (Lipinski definition) is 1. The second-order valence-electron chi connectivity index (χ2n) is 4.22. The van der Waals surface area contributed by atoms with E-state index >= 15 is 0 Å². The van der Waals surface area contributed by atoms with Crippen molar-refractivity contribution in [1.82, 2.24) is 4.90 Å². The summed E-state index contributed by atoms with van der Waals surface area (Å²) in [6, 6.07) is 5.98. The number of benzene rings is 1. The van der Waals surface area contributed by atoms with Gasteiger partial charge in [-0.25, -0.2) is 0 Å². The van der Waals surface area contributed by atoms with Crippen molar-refractivity contribution in [3.8, 4) is 0 Å². The van der Waals surface area contributed by atoms with E-state index in [0.29, 0.717) is 17.6 Å². The van der Waals surface area contributed by atoms with Gasteiger partial charge in [-0.15, -0.1) is 0 Å². The van der Waals surface area contributed by atoms with Gasteiger partial charge in [-0.1, -0.05) is 11.6 Å². The molecule has 92 valence electrons. The number of hydrogen-bond acceptors (Lipinski definition) is 2. The molecular weight excluding hydrogens is 304 g/mol. The normalized spacial score (nSPS) is 14.5. The predicted molar refractivity (Wildman–Crippen MR) is 73.4 cm³/mol. The smallest absolute Gasteiger partial charge is 0.241 e. The Hall–Kier alpha value is -0.740. The molecule has 1 amide bonds. The van der Waals surface area contributed by atoms with E-state index < -0.39 is 0 Å². The van der Waals surface area contributed by atoms with Crippen LogP contribution in [0.3, 0.4) is 0 Å². The van der Waals surface area contributed by atoms with E-state index in [9.17, 15) is 4.79 Å². The molecule has 1 fully saturated rings. The van der Waals surface area contributed by atoms with Gasteiger partial charge in [0.15, 0.2) is 0 Å². The molecule has 1 saturated carbocycles. The molecule has 0 saturated heterocycles. The van der Waals surface area contributed by atoms with Gasteiger partial charge in [0.05, 0.1) is 11.6 Å². The molecule has 0 aromatic heterocycles. The molecule has 3 nitrogen and oxygen atoms in total. The average molecular weight is 318 g/mol. The lowest BCUT2D eigenvalue weighted by molar-refractivity contribution is -0.128. The molecule has 0 heterocycles. The molecule has 1 N–H and O–H groups in total. The lowest BCUT2D eigenvalue weighted by Gasteiger charge is -2.17. The van der Waals surface area contributed by atoms with Gasteiger partial charge in [-0.3, -0.25) is 4.79 Å². The number of carbonyl (C=O) groups is 1. The number of nitrogens with one attached hydrogen (secondary N) is 1. The lowest BCUT2D eigenvalue weighted by atomic mass is 10.3. The monoisotopic (exact) mass is 316 g/mol. The van der Waals surface area contributed by atoms with Crippen LogP contribution in [0.5, 0.6) is 0 Å². The number of halogens is 2. The fraction of sp³-hybridized carbons (Fsp3) is 0.417. The molecule has 17 heavy (non-hydrogen) atoms. The van der Waals surface area contributed by atoms with Crippen molar-refractivity contribution < 1.29 is 4.79 Å². The molecule has 0 radical (unpaired) electrons.